The molecule has 0 bridgehead atoms. The lowest BCUT2D eigenvalue weighted by Crippen LogP contribution is -2.43. The number of hydrogen-bond donors (Lipinski definition) is 1. The molecule has 0 aliphatic carbocycles. The number of nitrogens with zero attached hydrogens (tertiary/aromatic N) is 1. The molecule has 0 saturated carbocycles. The number of amides is 1. The van der Waals surface area contributed by atoms with E-state index in [1.165, 1.54) is 4.90 Å². The van der Waals surface area contributed by atoms with Gasteiger partial charge in [0.05, 0.1) is 5.56 Å². The third-order valence-electron chi connectivity index (χ3n) is 3.45. The first-order chi connectivity index (χ1) is 9.32. The number of likely N-dealkylation sites (tertiary alicyclic amines) is 1. The predicted molar refractivity (Wildman–Crippen MR) is 70.4 cm³/mol. The lowest BCUT2D eigenvalue weighted by molar-refractivity contribution is 0.0684. The number of aromatic hydroxyl groups is 1. The summed E-state index contributed by atoms with van der Waals surface area (Å²) in [4.78, 5) is 13.8. The smallest absolute Gasteiger partial charge is 0.257 e. The van der Waals surface area contributed by atoms with Crippen molar-refractivity contribution in [2.75, 3.05) is 13.1 Å². The second kappa shape index (κ2) is 5.63. The summed E-state index contributed by atoms with van der Waals surface area (Å²) in [6.45, 7) is 2.70. The molecule has 1 aromatic carbocycles. The number of carbonyl (C=O) groups excluding carboxylic acids is 1. The molecule has 1 aliphatic heterocycles. The number of benzene rings is 1. The Labute approximate surface area is 122 Å². The minimum atomic E-state index is -1.69. The van der Waals surface area contributed by atoms with Crippen LogP contribution in [0.5, 0.6) is 5.75 Å². The summed E-state index contributed by atoms with van der Waals surface area (Å²) in [7, 11) is 0. The largest absolute Gasteiger partial charge is 0.503 e. The highest BCUT2D eigenvalue weighted by atomic mass is 79.9. The van der Waals surface area contributed by atoms with Gasteiger partial charge >= 0.3 is 0 Å². The highest BCUT2D eigenvalue weighted by Crippen LogP contribution is 2.29. The molecule has 0 spiro atoms. The van der Waals surface area contributed by atoms with Crippen LogP contribution in [0.1, 0.15) is 23.7 Å². The van der Waals surface area contributed by atoms with Gasteiger partial charge in [0, 0.05) is 17.9 Å². The molecule has 2 unspecified atom stereocenters. The van der Waals surface area contributed by atoms with Gasteiger partial charge in [0.15, 0.2) is 17.4 Å². The lowest BCUT2D eigenvalue weighted by Gasteiger charge is -2.34. The quantitative estimate of drug-likeness (QED) is 0.624. The van der Waals surface area contributed by atoms with Gasteiger partial charge in [-0.1, -0.05) is 22.9 Å². The molecule has 1 N–H and O–H groups in total. The third kappa shape index (κ3) is 2.63. The van der Waals surface area contributed by atoms with Crippen LogP contribution in [0.2, 0.25) is 0 Å². The van der Waals surface area contributed by atoms with E-state index in [1.54, 1.807) is 0 Å². The van der Waals surface area contributed by atoms with E-state index in [1.807, 2.05) is 6.92 Å². The second-order valence-corrected chi connectivity index (χ2v) is 6.09. The number of phenols is 1. The van der Waals surface area contributed by atoms with E-state index in [-0.39, 0.29) is 10.7 Å². The Bertz CT molecular complexity index is 553. The summed E-state index contributed by atoms with van der Waals surface area (Å²) in [6, 6.07) is 0.484. The summed E-state index contributed by atoms with van der Waals surface area (Å²) < 4.78 is 39.9. The third-order valence-corrected chi connectivity index (χ3v) is 4.81. The van der Waals surface area contributed by atoms with Gasteiger partial charge < -0.3 is 10.0 Å². The zero-order valence-electron chi connectivity index (χ0n) is 10.7. The van der Waals surface area contributed by atoms with Crippen molar-refractivity contribution in [3.05, 3.63) is 29.1 Å². The maximum Gasteiger partial charge on any atom is 0.257 e. The molecule has 1 amide bonds. The van der Waals surface area contributed by atoms with Crippen LogP contribution < -0.4 is 0 Å². The van der Waals surface area contributed by atoms with Gasteiger partial charge in [-0.3, -0.25) is 4.79 Å². The van der Waals surface area contributed by atoms with E-state index in [0.29, 0.717) is 25.6 Å². The van der Waals surface area contributed by atoms with Crippen molar-refractivity contribution < 1.29 is 23.1 Å². The molecular weight excluding hydrogens is 339 g/mol. The molecule has 2 rings (SSSR count). The van der Waals surface area contributed by atoms with Crippen LogP contribution in [-0.2, 0) is 0 Å². The van der Waals surface area contributed by atoms with Gasteiger partial charge in [-0.25, -0.2) is 8.78 Å². The molecular formula is C13H13BrF3NO2. The van der Waals surface area contributed by atoms with E-state index >= 15 is 0 Å². The molecule has 1 fully saturated rings. The number of hydrogen-bond acceptors (Lipinski definition) is 2. The summed E-state index contributed by atoms with van der Waals surface area (Å²) in [5, 5.41) is 9.14. The highest BCUT2D eigenvalue weighted by Gasteiger charge is 2.30. The van der Waals surface area contributed by atoms with E-state index in [9.17, 15) is 18.0 Å². The number of alkyl halides is 1. The molecule has 20 heavy (non-hydrogen) atoms. The fourth-order valence-corrected chi connectivity index (χ4v) is 2.59. The van der Waals surface area contributed by atoms with E-state index in [0.717, 1.165) is 0 Å². The molecule has 2 atom stereocenters. The Morgan fingerprint density at radius 1 is 1.40 bits per heavy atom. The topological polar surface area (TPSA) is 40.5 Å². The van der Waals surface area contributed by atoms with Crippen LogP contribution in [-0.4, -0.2) is 33.8 Å². The number of phenolic OH excluding ortho intramolecular Hbond substituents is 1. The summed E-state index contributed by atoms with van der Waals surface area (Å²) in [5.74, 6) is -6.61. The Kier molecular flexibility index (Phi) is 4.27. The molecule has 0 aromatic heterocycles. The number of rotatable bonds is 1. The van der Waals surface area contributed by atoms with Gasteiger partial charge in [0.1, 0.15) is 0 Å². The summed E-state index contributed by atoms with van der Waals surface area (Å²) in [5.41, 5.74) is -0.651. The predicted octanol–water partition coefficient (Wildman–Crippen LogP) is 3.06. The fraction of sp³-hybridized carbons (Fsp3) is 0.462. The van der Waals surface area contributed by atoms with Gasteiger partial charge in [-0.15, -0.1) is 0 Å². The first kappa shape index (κ1) is 15.2. The monoisotopic (exact) mass is 351 g/mol. The lowest BCUT2D eigenvalue weighted by atomic mass is 9.99. The average Bonchev–Trinajstić information content (AvgIpc) is 2.43. The van der Waals surface area contributed by atoms with Gasteiger partial charge in [-0.05, 0) is 18.4 Å². The molecule has 1 saturated heterocycles. The average molecular weight is 352 g/mol. The van der Waals surface area contributed by atoms with Gasteiger partial charge in [0.25, 0.3) is 5.91 Å². The Hall–Kier alpha value is -1.24. The summed E-state index contributed by atoms with van der Waals surface area (Å²) in [6.07, 6.45) is 0.685. The van der Waals surface area contributed by atoms with Crippen molar-refractivity contribution in [1.82, 2.24) is 4.90 Å². The number of piperidine rings is 1. The van der Waals surface area contributed by atoms with Crippen LogP contribution in [0.4, 0.5) is 13.2 Å². The first-order valence-corrected chi connectivity index (χ1v) is 7.04. The van der Waals surface area contributed by atoms with Crippen LogP contribution in [0.25, 0.3) is 0 Å². The number of halogens is 4. The van der Waals surface area contributed by atoms with E-state index in [4.69, 9.17) is 5.11 Å². The summed E-state index contributed by atoms with van der Waals surface area (Å²) >= 11 is 3.47. The van der Waals surface area contributed by atoms with Crippen LogP contribution in [0, 0.1) is 23.4 Å². The second-order valence-electron chi connectivity index (χ2n) is 4.92. The first-order valence-electron chi connectivity index (χ1n) is 6.12. The fourth-order valence-electron chi connectivity index (χ4n) is 2.22. The van der Waals surface area contributed by atoms with Crippen LogP contribution in [0.3, 0.4) is 0 Å². The van der Waals surface area contributed by atoms with Crippen molar-refractivity contribution in [2.24, 2.45) is 5.92 Å². The maximum atomic E-state index is 13.7. The zero-order valence-corrected chi connectivity index (χ0v) is 12.3. The Morgan fingerprint density at radius 2 is 2.05 bits per heavy atom. The standard InChI is InChI=1S/C13H13BrF3NO2/c1-6-5-18(3-2-8(6)14)13(20)7-4-9(15)11(17)12(19)10(7)16/h4,6,8,19H,2-3,5H2,1H3. The van der Waals surface area contributed by atoms with Crippen molar-refractivity contribution in [2.45, 2.75) is 18.2 Å². The zero-order chi connectivity index (χ0) is 15.0. The van der Waals surface area contributed by atoms with Crippen LogP contribution in [0.15, 0.2) is 6.07 Å². The SMILES string of the molecule is CC1CN(C(=O)c2cc(F)c(F)c(O)c2F)CCC1Br. The van der Waals surface area contributed by atoms with Crippen molar-refractivity contribution >= 4 is 21.8 Å². The molecule has 1 heterocycles. The maximum absolute atomic E-state index is 13.7. The van der Waals surface area contributed by atoms with Crippen molar-refractivity contribution in [1.29, 1.82) is 0 Å². The van der Waals surface area contributed by atoms with E-state index in [2.05, 4.69) is 15.9 Å². The molecule has 1 aromatic rings. The van der Waals surface area contributed by atoms with Crippen molar-refractivity contribution in [3.8, 4) is 5.75 Å². The van der Waals surface area contributed by atoms with Gasteiger partial charge in [0.2, 0.25) is 5.82 Å². The molecule has 0 radical (unpaired) electrons. The Morgan fingerprint density at radius 3 is 2.65 bits per heavy atom. The normalized spacial score (nSPS) is 22.9. The highest BCUT2D eigenvalue weighted by molar-refractivity contribution is 9.09. The van der Waals surface area contributed by atoms with Crippen LogP contribution >= 0.6 is 15.9 Å². The minimum Gasteiger partial charge on any atom is -0.503 e. The van der Waals surface area contributed by atoms with Gasteiger partial charge in [-0.2, -0.15) is 4.39 Å². The molecule has 7 heteroatoms. The minimum absolute atomic E-state index is 0.162. The molecule has 110 valence electrons. The molecule has 3 nitrogen and oxygen atoms in total. The van der Waals surface area contributed by atoms with Crippen molar-refractivity contribution in [3.63, 3.8) is 0 Å². The van der Waals surface area contributed by atoms with E-state index < -0.39 is 34.7 Å². The number of carbonyl (C=O) groups is 1. The Balaban J connectivity index is 2.30. The molecule has 1 aliphatic rings.